The summed E-state index contributed by atoms with van der Waals surface area (Å²) in [7, 11) is 2.84. The van der Waals surface area contributed by atoms with Crippen LogP contribution in [0, 0.1) is 10.1 Å². The lowest BCUT2D eigenvalue weighted by Gasteiger charge is -2.14. The molecule has 0 atom stereocenters. The first kappa shape index (κ1) is 25.6. The first-order chi connectivity index (χ1) is 16.7. The van der Waals surface area contributed by atoms with E-state index in [1.165, 1.54) is 19.2 Å². The predicted octanol–water partition coefficient (Wildman–Crippen LogP) is 3.00. The van der Waals surface area contributed by atoms with E-state index < -0.39 is 35.9 Å². The summed E-state index contributed by atoms with van der Waals surface area (Å²) in [4.78, 5) is 48.8. The Morgan fingerprint density at radius 3 is 2.51 bits per heavy atom. The number of non-ortho nitro benzene ring substituents is 1. The number of thioether (sulfide) groups is 1. The van der Waals surface area contributed by atoms with Gasteiger partial charge in [-0.15, -0.1) is 0 Å². The van der Waals surface area contributed by atoms with E-state index in [0.29, 0.717) is 10.7 Å². The summed E-state index contributed by atoms with van der Waals surface area (Å²) >= 11 is 6.26. The lowest BCUT2D eigenvalue weighted by Crippen LogP contribution is -2.35. The number of methoxy groups -OCH3 is 2. The van der Waals surface area contributed by atoms with E-state index in [1.807, 2.05) is 0 Å². The molecular weight excluding hydrogens is 498 g/mol. The number of rotatable bonds is 9. The van der Waals surface area contributed by atoms with E-state index in [-0.39, 0.29) is 21.4 Å². The minimum Gasteiger partial charge on any atom is -0.497 e. The van der Waals surface area contributed by atoms with Crippen LogP contribution in [0.4, 0.5) is 11.4 Å². The van der Waals surface area contributed by atoms with Crippen molar-refractivity contribution in [3.8, 4) is 11.5 Å². The van der Waals surface area contributed by atoms with E-state index in [4.69, 9.17) is 26.4 Å². The van der Waals surface area contributed by atoms with Gasteiger partial charge in [0.05, 0.1) is 35.8 Å². The normalized spacial score (nSPS) is 14.1. The van der Waals surface area contributed by atoms with Gasteiger partial charge in [-0.3, -0.25) is 29.4 Å². The Hall–Kier alpha value is -3.97. The number of carbonyl (C=O) groups is 3. The van der Waals surface area contributed by atoms with Gasteiger partial charge in [0, 0.05) is 6.07 Å². The highest BCUT2D eigenvalue weighted by Gasteiger charge is 2.34. The Morgan fingerprint density at radius 1 is 1.17 bits per heavy atom. The van der Waals surface area contributed by atoms with Crippen molar-refractivity contribution < 1.29 is 33.5 Å². The number of ether oxygens (including phenoxy) is 3. The van der Waals surface area contributed by atoms with Gasteiger partial charge in [-0.2, -0.15) is 0 Å². The van der Waals surface area contributed by atoms with Gasteiger partial charge in [0.25, 0.3) is 17.5 Å². The van der Waals surface area contributed by atoms with Crippen LogP contribution in [0.1, 0.15) is 5.56 Å². The third-order valence-electron chi connectivity index (χ3n) is 4.61. The summed E-state index contributed by atoms with van der Waals surface area (Å²) in [6.07, 6.45) is 1.65. The molecule has 0 bridgehead atoms. The summed E-state index contributed by atoms with van der Waals surface area (Å²) < 4.78 is 15.3. The highest BCUT2D eigenvalue weighted by atomic mass is 32.2. The molecule has 1 saturated heterocycles. The van der Waals surface area contributed by atoms with Crippen molar-refractivity contribution >= 4 is 63.5 Å². The van der Waals surface area contributed by atoms with Crippen LogP contribution >= 0.6 is 24.0 Å². The summed E-state index contributed by atoms with van der Waals surface area (Å²) in [6, 6.07) is 10.7. The van der Waals surface area contributed by atoms with Crippen molar-refractivity contribution in [2.45, 2.75) is 0 Å². The van der Waals surface area contributed by atoms with E-state index in [9.17, 15) is 24.5 Å². The molecule has 1 heterocycles. The van der Waals surface area contributed by atoms with Crippen LogP contribution in [0.15, 0.2) is 47.4 Å². The number of thiocarbonyl (C=S) groups is 1. The molecular formula is C22H19N3O8S2. The van der Waals surface area contributed by atoms with Crippen molar-refractivity contribution in [1.29, 1.82) is 0 Å². The number of hydrogen-bond acceptors (Lipinski definition) is 10. The van der Waals surface area contributed by atoms with Crippen LogP contribution in [-0.2, 0) is 19.1 Å². The molecule has 0 spiro atoms. The average molecular weight is 518 g/mol. The maximum atomic E-state index is 12.7. The molecule has 2 aromatic rings. The zero-order chi connectivity index (χ0) is 25.5. The first-order valence-corrected chi connectivity index (χ1v) is 11.1. The molecule has 1 N–H and O–H groups in total. The molecule has 0 saturated carbocycles. The molecule has 2 aromatic carbocycles. The largest absolute Gasteiger partial charge is 0.497 e. The fourth-order valence-corrected chi connectivity index (χ4v) is 4.15. The smallest absolute Gasteiger partial charge is 0.326 e. The predicted molar refractivity (Wildman–Crippen MR) is 132 cm³/mol. The Kier molecular flexibility index (Phi) is 8.39. The summed E-state index contributed by atoms with van der Waals surface area (Å²) in [5.74, 6) is -1.24. The maximum Gasteiger partial charge on any atom is 0.326 e. The molecule has 1 aliphatic heterocycles. The van der Waals surface area contributed by atoms with Gasteiger partial charge in [0.15, 0.2) is 6.61 Å². The minimum atomic E-state index is -0.835. The Balaban J connectivity index is 1.55. The highest BCUT2D eigenvalue weighted by Crippen LogP contribution is 2.33. The van der Waals surface area contributed by atoms with Gasteiger partial charge in [-0.25, -0.2) is 0 Å². The monoisotopic (exact) mass is 517 g/mol. The van der Waals surface area contributed by atoms with Crippen LogP contribution < -0.4 is 14.8 Å². The SMILES string of the molecule is COc1ccc(/C=C2\SC(=S)N(CC(=O)OCC(=O)Nc3ccc([N+](=O)[O-])cc3OC)C2=O)cc1. The highest BCUT2D eigenvalue weighted by molar-refractivity contribution is 8.26. The van der Waals surface area contributed by atoms with E-state index >= 15 is 0 Å². The number of amides is 2. The van der Waals surface area contributed by atoms with E-state index in [2.05, 4.69) is 5.32 Å². The number of nitro benzene ring substituents is 1. The second-order valence-corrected chi connectivity index (χ2v) is 8.57. The maximum absolute atomic E-state index is 12.7. The van der Waals surface area contributed by atoms with Crippen molar-refractivity contribution in [2.24, 2.45) is 0 Å². The van der Waals surface area contributed by atoms with Crippen LogP contribution in [0.2, 0.25) is 0 Å². The molecule has 2 amide bonds. The third-order valence-corrected chi connectivity index (χ3v) is 5.99. The lowest BCUT2D eigenvalue weighted by atomic mass is 10.2. The zero-order valence-electron chi connectivity index (χ0n) is 18.5. The number of nitrogens with one attached hydrogen (secondary N) is 1. The average Bonchev–Trinajstić information content (AvgIpc) is 3.10. The van der Waals surface area contributed by atoms with Crippen LogP contribution in [0.25, 0.3) is 6.08 Å². The van der Waals surface area contributed by atoms with Crippen LogP contribution in [0.5, 0.6) is 11.5 Å². The zero-order valence-corrected chi connectivity index (χ0v) is 20.1. The van der Waals surface area contributed by atoms with Crippen LogP contribution in [0.3, 0.4) is 0 Å². The molecule has 0 unspecified atom stereocenters. The summed E-state index contributed by atoms with van der Waals surface area (Å²) in [6.45, 7) is -1.10. The molecule has 1 aliphatic rings. The number of nitro groups is 1. The lowest BCUT2D eigenvalue weighted by molar-refractivity contribution is -0.384. The molecule has 182 valence electrons. The number of nitrogens with zero attached hydrogens (tertiary/aromatic N) is 2. The number of hydrogen-bond donors (Lipinski definition) is 1. The van der Waals surface area contributed by atoms with Crippen molar-refractivity contribution in [3.05, 3.63) is 63.0 Å². The minimum absolute atomic E-state index is 0.0695. The van der Waals surface area contributed by atoms with Gasteiger partial charge < -0.3 is 19.5 Å². The molecule has 3 rings (SSSR count). The first-order valence-electron chi connectivity index (χ1n) is 9.89. The number of anilines is 1. The van der Waals surface area contributed by atoms with E-state index in [0.717, 1.165) is 28.3 Å². The second-order valence-electron chi connectivity index (χ2n) is 6.89. The standard InChI is InChI=1S/C22H19N3O8S2/c1-31-15-6-3-13(4-7-15)9-18-21(28)24(22(34)35-18)11-20(27)33-12-19(26)23-16-8-5-14(25(29)30)10-17(16)32-2/h3-10H,11-12H2,1-2H3,(H,23,26)/b18-9-. The molecule has 35 heavy (non-hydrogen) atoms. The van der Waals surface area contributed by atoms with Gasteiger partial charge >= 0.3 is 5.97 Å². The molecule has 1 fully saturated rings. The Morgan fingerprint density at radius 2 is 1.89 bits per heavy atom. The number of esters is 1. The Labute approximate surface area is 209 Å². The van der Waals surface area contributed by atoms with Gasteiger partial charge in [0.1, 0.15) is 22.4 Å². The molecule has 0 radical (unpaired) electrons. The van der Waals surface area contributed by atoms with Crippen molar-refractivity contribution in [3.63, 3.8) is 0 Å². The van der Waals surface area contributed by atoms with Crippen LogP contribution in [-0.4, -0.2) is 59.3 Å². The molecule has 11 nitrogen and oxygen atoms in total. The topological polar surface area (TPSA) is 137 Å². The number of benzene rings is 2. The fourth-order valence-electron chi connectivity index (χ4n) is 2.89. The molecule has 0 aromatic heterocycles. The van der Waals surface area contributed by atoms with Crippen molar-refractivity contribution in [1.82, 2.24) is 4.90 Å². The van der Waals surface area contributed by atoms with Gasteiger partial charge in [0.2, 0.25) is 0 Å². The number of carbonyl (C=O) groups excluding carboxylic acids is 3. The van der Waals surface area contributed by atoms with E-state index in [1.54, 1.807) is 37.5 Å². The summed E-state index contributed by atoms with van der Waals surface area (Å²) in [5.41, 5.74) is 0.711. The van der Waals surface area contributed by atoms with Gasteiger partial charge in [-0.05, 0) is 29.8 Å². The van der Waals surface area contributed by atoms with Crippen molar-refractivity contribution in [2.75, 3.05) is 32.7 Å². The molecule has 0 aliphatic carbocycles. The third kappa shape index (κ3) is 6.55. The molecule has 13 heteroatoms. The quantitative estimate of drug-likeness (QED) is 0.174. The Bertz CT molecular complexity index is 1210. The second kappa shape index (κ2) is 11.4. The van der Waals surface area contributed by atoms with Gasteiger partial charge in [-0.1, -0.05) is 36.1 Å². The fraction of sp³-hybridized carbons (Fsp3) is 0.182. The summed E-state index contributed by atoms with van der Waals surface area (Å²) in [5, 5.41) is 13.3.